The van der Waals surface area contributed by atoms with Gasteiger partial charge in [0.25, 0.3) is 0 Å². The number of methoxy groups -OCH3 is 3. The minimum atomic E-state index is -0.627. The number of ether oxygens (including phenoxy) is 4. The lowest BCUT2D eigenvalue weighted by Crippen LogP contribution is -2.06. The molecule has 0 amide bonds. The second-order valence-corrected chi connectivity index (χ2v) is 5.31. The third-order valence-electron chi connectivity index (χ3n) is 3.68. The highest BCUT2D eigenvalue weighted by Crippen LogP contribution is 2.39. The molecule has 7 heteroatoms. The van der Waals surface area contributed by atoms with Crippen LogP contribution in [0.2, 0.25) is 0 Å². The molecule has 2 aromatic carbocycles. The highest BCUT2D eigenvalue weighted by molar-refractivity contribution is 6.13. The van der Waals surface area contributed by atoms with E-state index in [1.54, 1.807) is 24.3 Å². The van der Waals surface area contributed by atoms with Crippen LogP contribution in [0.15, 0.2) is 47.1 Å². The fraction of sp³-hybridized carbons (Fsp3) is 0.158. The Balaban J connectivity index is 2.01. The summed E-state index contributed by atoms with van der Waals surface area (Å²) >= 11 is 0. The molecule has 0 atom stereocenters. The number of hydrogen-bond acceptors (Lipinski definition) is 6. The molecule has 0 aliphatic carbocycles. The van der Waals surface area contributed by atoms with Crippen LogP contribution in [0, 0.1) is 5.82 Å². The van der Waals surface area contributed by atoms with Gasteiger partial charge in [-0.3, -0.25) is 0 Å². The molecule has 3 rings (SSSR count). The highest BCUT2D eigenvalue weighted by Gasteiger charge is 2.26. The molecule has 0 aromatic heterocycles. The van der Waals surface area contributed by atoms with Crippen LogP contribution in [0.3, 0.4) is 0 Å². The van der Waals surface area contributed by atoms with E-state index in [0.29, 0.717) is 28.4 Å². The van der Waals surface area contributed by atoms with Crippen molar-refractivity contribution in [2.75, 3.05) is 21.3 Å². The molecule has 1 aliphatic heterocycles. The molecule has 0 bridgehead atoms. The number of nitrogens with zero attached hydrogens (tertiary/aromatic N) is 1. The first-order valence-corrected chi connectivity index (χ1v) is 7.64. The van der Waals surface area contributed by atoms with Crippen molar-refractivity contribution >= 4 is 17.9 Å². The molecule has 6 nitrogen and oxygen atoms in total. The fourth-order valence-electron chi connectivity index (χ4n) is 2.49. The van der Waals surface area contributed by atoms with Gasteiger partial charge in [-0.05, 0) is 35.9 Å². The first-order chi connectivity index (χ1) is 12.5. The molecule has 0 radical (unpaired) electrons. The van der Waals surface area contributed by atoms with E-state index in [1.165, 1.54) is 39.5 Å². The molecule has 0 saturated carbocycles. The van der Waals surface area contributed by atoms with Gasteiger partial charge < -0.3 is 18.9 Å². The summed E-state index contributed by atoms with van der Waals surface area (Å²) in [5, 5.41) is 0. The zero-order valence-electron chi connectivity index (χ0n) is 14.4. The van der Waals surface area contributed by atoms with Gasteiger partial charge in [0.05, 0.1) is 21.3 Å². The first kappa shape index (κ1) is 17.5. The number of rotatable bonds is 5. The number of hydrogen-bond donors (Lipinski definition) is 0. The number of carbonyl (C=O) groups excluding carboxylic acids is 1. The molecular formula is C19H16FNO5. The van der Waals surface area contributed by atoms with Gasteiger partial charge in [0, 0.05) is 5.56 Å². The summed E-state index contributed by atoms with van der Waals surface area (Å²) in [7, 11) is 4.46. The first-order valence-electron chi connectivity index (χ1n) is 7.64. The third kappa shape index (κ3) is 3.37. The largest absolute Gasteiger partial charge is 0.493 e. The van der Waals surface area contributed by atoms with Crippen LogP contribution in [0.4, 0.5) is 4.39 Å². The van der Waals surface area contributed by atoms with Gasteiger partial charge in [0.2, 0.25) is 11.6 Å². The number of aliphatic imine (C=N–C) groups is 1. The maximum absolute atomic E-state index is 13.3. The van der Waals surface area contributed by atoms with E-state index in [2.05, 4.69) is 4.99 Å². The lowest BCUT2D eigenvalue weighted by Gasteiger charge is -2.13. The van der Waals surface area contributed by atoms with Gasteiger partial charge in [-0.2, -0.15) is 0 Å². The van der Waals surface area contributed by atoms with Crippen LogP contribution in [0.25, 0.3) is 6.08 Å². The lowest BCUT2D eigenvalue weighted by molar-refractivity contribution is -0.129. The van der Waals surface area contributed by atoms with E-state index in [0.717, 1.165) is 0 Å². The zero-order valence-corrected chi connectivity index (χ0v) is 14.4. The van der Waals surface area contributed by atoms with Crippen molar-refractivity contribution < 1.29 is 28.1 Å². The van der Waals surface area contributed by atoms with Crippen LogP contribution in [0.1, 0.15) is 11.1 Å². The van der Waals surface area contributed by atoms with Crippen molar-refractivity contribution in [3.8, 4) is 17.2 Å². The normalized spacial score (nSPS) is 14.8. The molecular weight excluding hydrogens is 341 g/mol. The number of carbonyl (C=O) groups is 1. The molecule has 2 aromatic rings. The summed E-state index contributed by atoms with van der Waals surface area (Å²) in [5.41, 5.74) is 1.06. The van der Waals surface area contributed by atoms with Gasteiger partial charge in [0.1, 0.15) is 5.82 Å². The number of cyclic esters (lactones) is 1. The molecule has 0 saturated heterocycles. The Kier molecular flexibility index (Phi) is 4.88. The average molecular weight is 357 g/mol. The summed E-state index contributed by atoms with van der Waals surface area (Å²) in [5.74, 6) is 0.292. The van der Waals surface area contributed by atoms with Crippen molar-refractivity contribution in [3.05, 3.63) is 59.0 Å². The standard InChI is InChI=1S/C19H16FNO5/c1-23-15-9-12(10-16(24-2)17(15)25-3)18-21-14(19(22)26-18)8-11-5-4-6-13(20)7-11/h4-10H,1-3H3. The van der Waals surface area contributed by atoms with E-state index in [1.807, 2.05) is 0 Å². The molecule has 134 valence electrons. The molecule has 0 fully saturated rings. The van der Waals surface area contributed by atoms with Crippen molar-refractivity contribution in [1.29, 1.82) is 0 Å². The predicted octanol–water partition coefficient (Wildman–Crippen LogP) is 3.20. The molecule has 1 heterocycles. The predicted molar refractivity (Wildman–Crippen MR) is 93.1 cm³/mol. The van der Waals surface area contributed by atoms with E-state index in [-0.39, 0.29) is 11.6 Å². The van der Waals surface area contributed by atoms with E-state index in [4.69, 9.17) is 18.9 Å². The quantitative estimate of drug-likeness (QED) is 0.607. The Hall–Kier alpha value is -3.35. The highest BCUT2D eigenvalue weighted by atomic mass is 19.1. The van der Waals surface area contributed by atoms with Gasteiger partial charge in [-0.1, -0.05) is 12.1 Å². The maximum atomic E-state index is 13.3. The summed E-state index contributed by atoms with van der Waals surface area (Å²) in [6, 6.07) is 9.08. The summed E-state index contributed by atoms with van der Waals surface area (Å²) in [6.45, 7) is 0. The Bertz CT molecular complexity index is 895. The molecule has 0 spiro atoms. The summed E-state index contributed by atoms with van der Waals surface area (Å²) in [4.78, 5) is 16.3. The summed E-state index contributed by atoms with van der Waals surface area (Å²) < 4.78 is 34.4. The average Bonchev–Trinajstić information content (AvgIpc) is 3.01. The number of esters is 1. The topological polar surface area (TPSA) is 66.4 Å². The Morgan fingerprint density at radius 1 is 1.04 bits per heavy atom. The number of halogens is 1. The van der Waals surface area contributed by atoms with Gasteiger partial charge in [0.15, 0.2) is 17.2 Å². The van der Waals surface area contributed by atoms with Gasteiger partial charge in [-0.25, -0.2) is 14.2 Å². The minimum absolute atomic E-state index is 0.0688. The van der Waals surface area contributed by atoms with Crippen LogP contribution >= 0.6 is 0 Å². The van der Waals surface area contributed by atoms with E-state index < -0.39 is 11.8 Å². The van der Waals surface area contributed by atoms with Crippen molar-refractivity contribution in [2.24, 2.45) is 4.99 Å². The molecule has 26 heavy (non-hydrogen) atoms. The Labute approximate surface area is 149 Å². The van der Waals surface area contributed by atoms with Crippen LogP contribution in [-0.4, -0.2) is 33.2 Å². The minimum Gasteiger partial charge on any atom is -0.493 e. The lowest BCUT2D eigenvalue weighted by atomic mass is 10.1. The van der Waals surface area contributed by atoms with E-state index >= 15 is 0 Å². The van der Waals surface area contributed by atoms with Crippen LogP contribution in [0.5, 0.6) is 17.2 Å². The van der Waals surface area contributed by atoms with Crippen molar-refractivity contribution in [3.63, 3.8) is 0 Å². The SMILES string of the molecule is COc1cc(C2=NC(=Cc3cccc(F)c3)C(=O)O2)cc(OC)c1OC. The smallest absolute Gasteiger partial charge is 0.363 e. The van der Waals surface area contributed by atoms with Crippen LogP contribution in [-0.2, 0) is 9.53 Å². The fourth-order valence-corrected chi connectivity index (χ4v) is 2.49. The molecule has 1 aliphatic rings. The molecule has 0 N–H and O–H groups in total. The third-order valence-corrected chi connectivity index (χ3v) is 3.68. The maximum Gasteiger partial charge on any atom is 0.363 e. The van der Waals surface area contributed by atoms with Gasteiger partial charge in [-0.15, -0.1) is 0 Å². The molecule has 0 unspecified atom stereocenters. The van der Waals surface area contributed by atoms with Crippen molar-refractivity contribution in [2.45, 2.75) is 0 Å². The van der Waals surface area contributed by atoms with E-state index in [9.17, 15) is 9.18 Å². The summed E-state index contributed by atoms with van der Waals surface area (Å²) in [6.07, 6.45) is 1.45. The zero-order chi connectivity index (χ0) is 18.7. The van der Waals surface area contributed by atoms with Gasteiger partial charge >= 0.3 is 5.97 Å². The monoisotopic (exact) mass is 357 g/mol. The second-order valence-electron chi connectivity index (χ2n) is 5.31. The second kappa shape index (κ2) is 7.26. The number of benzene rings is 2. The van der Waals surface area contributed by atoms with Crippen LogP contribution < -0.4 is 14.2 Å². The Morgan fingerprint density at radius 3 is 2.31 bits per heavy atom. The van der Waals surface area contributed by atoms with Crippen molar-refractivity contribution in [1.82, 2.24) is 0 Å². The Morgan fingerprint density at radius 2 is 1.73 bits per heavy atom.